The molecule has 1 rings (SSSR count). The molecule has 0 bridgehead atoms. The number of aromatic nitrogens is 1. The number of rotatable bonds is 5. The molecular weight excluding hydrogens is 214 g/mol. The van der Waals surface area contributed by atoms with Crippen molar-refractivity contribution in [3.63, 3.8) is 0 Å². The lowest BCUT2D eigenvalue weighted by molar-refractivity contribution is 0.303. The largest absolute Gasteiger partial charge is 0.329 e. The maximum atomic E-state index is 11.1. The Morgan fingerprint density at radius 2 is 2.12 bits per heavy atom. The molecule has 0 aliphatic heterocycles. The van der Waals surface area contributed by atoms with E-state index in [-0.39, 0.29) is 11.1 Å². The highest BCUT2D eigenvalue weighted by Gasteiger charge is 2.08. The van der Waals surface area contributed by atoms with Crippen molar-refractivity contribution in [2.75, 3.05) is 20.1 Å². The molecule has 0 fully saturated rings. The van der Waals surface area contributed by atoms with E-state index in [9.17, 15) is 4.79 Å². The van der Waals surface area contributed by atoms with Gasteiger partial charge in [-0.1, -0.05) is 0 Å². The molecule has 1 aromatic heterocycles. The minimum atomic E-state index is -0.0382. The SMILES string of the molecule is CN(CCNC(C)(C)C)Cc1cc[nH]c(=O)c1. The van der Waals surface area contributed by atoms with Crippen molar-refractivity contribution >= 4 is 0 Å². The van der Waals surface area contributed by atoms with Gasteiger partial charge in [-0.15, -0.1) is 0 Å². The fourth-order valence-electron chi connectivity index (χ4n) is 1.60. The Hall–Kier alpha value is -1.13. The molecule has 4 heteroatoms. The zero-order chi connectivity index (χ0) is 12.9. The molecule has 1 aromatic rings. The number of hydrogen-bond acceptors (Lipinski definition) is 3. The van der Waals surface area contributed by atoms with Gasteiger partial charge in [0.15, 0.2) is 0 Å². The molecule has 0 aromatic carbocycles. The highest BCUT2D eigenvalue weighted by atomic mass is 16.1. The Labute approximate surface area is 103 Å². The molecule has 2 N–H and O–H groups in total. The van der Waals surface area contributed by atoms with E-state index < -0.39 is 0 Å². The summed E-state index contributed by atoms with van der Waals surface area (Å²) in [5.41, 5.74) is 1.17. The molecule has 0 radical (unpaired) electrons. The fourth-order valence-corrected chi connectivity index (χ4v) is 1.60. The van der Waals surface area contributed by atoms with Crippen LogP contribution in [0.2, 0.25) is 0 Å². The fraction of sp³-hybridized carbons (Fsp3) is 0.615. The molecule has 4 nitrogen and oxygen atoms in total. The zero-order valence-corrected chi connectivity index (χ0v) is 11.2. The number of nitrogens with one attached hydrogen (secondary N) is 2. The van der Waals surface area contributed by atoms with Crippen molar-refractivity contribution in [2.24, 2.45) is 0 Å². The minimum absolute atomic E-state index is 0.0382. The van der Waals surface area contributed by atoms with E-state index in [4.69, 9.17) is 0 Å². The molecule has 0 spiro atoms. The number of pyridine rings is 1. The molecule has 0 unspecified atom stereocenters. The van der Waals surface area contributed by atoms with Gasteiger partial charge in [0.2, 0.25) is 5.56 Å². The van der Waals surface area contributed by atoms with Crippen LogP contribution in [-0.2, 0) is 6.54 Å². The summed E-state index contributed by atoms with van der Waals surface area (Å²) in [6.45, 7) is 9.18. The molecule has 1 heterocycles. The predicted octanol–water partition coefficient (Wildman–Crippen LogP) is 1.19. The molecule has 96 valence electrons. The van der Waals surface area contributed by atoms with Crippen LogP contribution in [-0.4, -0.2) is 35.6 Å². The van der Waals surface area contributed by atoms with E-state index in [0.717, 1.165) is 25.2 Å². The van der Waals surface area contributed by atoms with Crippen LogP contribution in [0.1, 0.15) is 26.3 Å². The third-order valence-corrected chi connectivity index (χ3v) is 2.44. The highest BCUT2D eigenvalue weighted by Crippen LogP contribution is 2.00. The van der Waals surface area contributed by atoms with Gasteiger partial charge in [-0.3, -0.25) is 4.79 Å². The minimum Gasteiger partial charge on any atom is -0.329 e. The van der Waals surface area contributed by atoms with Gasteiger partial charge in [0.05, 0.1) is 0 Å². The normalized spacial score (nSPS) is 12.1. The average Bonchev–Trinajstić information content (AvgIpc) is 2.15. The summed E-state index contributed by atoms with van der Waals surface area (Å²) < 4.78 is 0. The van der Waals surface area contributed by atoms with Gasteiger partial charge in [0.1, 0.15) is 0 Å². The lowest BCUT2D eigenvalue weighted by Gasteiger charge is -2.23. The maximum absolute atomic E-state index is 11.1. The molecule has 0 atom stereocenters. The van der Waals surface area contributed by atoms with Crippen molar-refractivity contribution in [1.29, 1.82) is 0 Å². The molecular formula is C13H23N3O. The molecule has 0 saturated heterocycles. The van der Waals surface area contributed by atoms with Crippen LogP contribution in [0, 0.1) is 0 Å². The first-order valence-corrected chi connectivity index (χ1v) is 5.98. The van der Waals surface area contributed by atoms with Crippen molar-refractivity contribution in [3.05, 3.63) is 34.2 Å². The molecule has 0 aliphatic rings. The van der Waals surface area contributed by atoms with Crippen LogP contribution in [0.15, 0.2) is 23.1 Å². The van der Waals surface area contributed by atoms with E-state index in [1.807, 2.05) is 6.07 Å². The zero-order valence-electron chi connectivity index (χ0n) is 11.2. The summed E-state index contributed by atoms with van der Waals surface area (Å²) in [5, 5.41) is 3.44. The van der Waals surface area contributed by atoms with Crippen LogP contribution in [0.3, 0.4) is 0 Å². The van der Waals surface area contributed by atoms with Crippen molar-refractivity contribution < 1.29 is 0 Å². The van der Waals surface area contributed by atoms with Gasteiger partial charge in [-0.05, 0) is 39.4 Å². The van der Waals surface area contributed by atoms with E-state index >= 15 is 0 Å². The van der Waals surface area contributed by atoms with Crippen molar-refractivity contribution in [3.8, 4) is 0 Å². The van der Waals surface area contributed by atoms with E-state index in [0.29, 0.717) is 0 Å². The smallest absolute Gasteiger partial charge is 0.248 e. The third kappa shape index (κ3) is 6.24. The average molecular weight is 237 g/mol. The lowest BCUT2D eigenvalue weighted by atomic mass is 10.1. The van der Waals surface area contributed by atoms with Gasteiger partial charge in [-0.2, -0.15) is 0 Å². The highest BCUT2D eigenvalue weighted by molar-refractivity contribution is 5.09. The number of hydrogen-bond donors (Lipinski definition) is 2. The molecule has 0 amide bonds. The second-order valence-electron chi connectivity index (χ2n) is 5.48. The summed E-state index contributed by atoms with van der Waals surface area (Å²) in [7, 11) is 2.06. The monoisotopic (exact) mass is 237 g/mol. The Balaban J connectivity index is 2.35. The van der Waals surface area contributed by atoms with Gasteiger partial charge >= 0.3 is 0 Å². The van der Waals surface area contributed by atoms with Gasteiger partial charge in [-0.25, -0.2) is 0 Å². The van der Waals surface area contributed by atoms with E-state index in [2.05, 4.69) is 43.0 Å². The summed E-state index contributed by atoms with van der Waals surface area (Å²) in [4.78, 5) is 16.0. The number of likely N-dealkylation sites (N-methyl/N-ethyl adjacent to an activating group) is 1. The summed E-state index contributed by atoms with van der Waals surface area (Å²) >= 11 is 0. The quantitative estimate of drug-likeness (QED) is 0.809. The topological polar surface area (TPSA) is 48.1 Å². The molecule has 0 aliphatic carbocycles. The first-order valence-electron chi connectivity index (χ1n) is 5.98. The second-order valence-corrected chi connectivity index (χ2v) is 5.48. The van der Waals surface area contributed by atoms with Crippen LogP contribution in [0.4, 0.5) is 0 Å². The summed E-state index contributed by atoms with van der Waals surface area (Å²) in [5.74, 6) is 0. The predicted molar refractivity (Wildman–Crippen MR) is 71.2 cm³/mol. The summed E-state index contributed by atoms with van der Waals surface area (Å²) in [6.07, 6.45) is 1.69. The first kappa shape index (κ1) is 13.9. The molecule has 0 saturated carbocycles. The van der Waals surface area contributed by atoms with Crippen molar-refractivity contribution in [1.82, 2.24) is 15.2 Å². The van der Waals surface area contributed by atoms with Crippen LogP contribution >= 0.6 is 0 Å². The maximum Gasteiger partial charge on any atom is 0.248 e. The van der Waals surface area contributed by atoms with E-state index in [1.54, 1.807) is 12.3 Å². The number of aromatic amines is 1. The van der Waals surface area contributed by atoms with E-state index in [1.165, 1.54) is 0 Å². The third-order valence-electron chi connectivity index (χ3n) is 2.44. The van der Waals surface area contributed by atoms with Gasteiger partial charge in [0, 0.05) is 37.4 Å². The Morgan fingerprint density at radius 1 is 1.41 bits per heavy atom. The standard InChI is InChI=1S/C13H23N3O/c1-13(2,3)15-7-8-16(4)10-11-5-6-14-12(17)9-11/h5-6,9,15H,7-8,10H2,1-4H3,(H,14,17). The lowest BCUT2D eigenvalue weighted by Crippen LogP contribution is -2.40. The van der Waals surface area contributed by atoms with Crippen LogP contribution in [0.25, 0.3) is 0 Å². The van der Waals surface area contributed by atoms with Crippen LogP contribution < -0.4 is 10.9 Å². The van der Waals surface area contributed by atoms with Gasteiger partial charge < -0.3 is 15.2 Å². The number of H-pyrrole nitrogens is 1. The number of nitrogens with zero attached hydrogens (tertiary/aromatic N) is 1. The first-order chi connectivity index (χ1) is 7.87. The summed E-state index contributed by atoms with van der Waals surface area (Å²) in [6, 6.07) is 3.59. The van der Waals surface area contributed by atoms with Crippen molar-refractivity contribution in [2.45, 2.75) is 32.9 Å². The second kappa shape index (κ2) is 5.98. The Bertz CT molecular complexity index is 392. The van der Waals surface area contributed by atoms with Gasteiger partial charge in [0.25, 0.3) is 0 Å². The Kier molecular flexibility index (Phi) is 4.90. The molecule has 17 heavy (non-hydrogen) atoms. The Morgan fingerprint density at radius 3 is 2.71 bits per heavy atom. The van der Waals surface area contributed by atoms with Crippen LogP contribution in [0.5, 0.6) is 0 Å².